The third kappa shape index (κ3) is 5.21. The Hall–Kier alpha value is -3.40. The quantitative estimate of drug-likeness (QED) is 0.298. The SMILES string of the molecule is CC(C)(C)C1=CC2=CC3=NC(=CC4=NC(=CC5=NC(=C(C(C)(C)C)C1=N2)C(C(C)(C)C)=C5C(C)(C)C)C=C4)C=C3. The smallest absolute Gasteiger partial charge is 0.0737 e. The van der Waals surface area contributed by atoms with Gasteiger partial charge < -0.3 is 0 Å². The Morgan fingerprint density at radius 2 is 0.925 bits per heavy atom. The third-order valence-electron chi connectivity index (χ3n) is 7.54. The fourth-order valence-corrected chi connectivity index (χ4v) is 5.90. The van der Waals surface area contributed by atoms with Gasteiger partial charge in [0.2, 0.25) is 0 Å². The first-order valence-electron chi connectivity index (χ1n) is 14.4. The van der Waals surface area contributed by atoms with Crippen molar-refractivity contribution in [3.8, 4) is 0 Å². The minimum atomic E-state index is -0.204. The van der Waals surface area contributed by atoms with Crippen LogP contribution in [0.2, 0.25) is 0 Å². The number of aliphatic imine (C=N–C) groups is 4. The van der Waals surface area contributed by atoms with E-state index in [2.05, 4.69) is 120 Å². The highest BCUT2D eigenvalue weighted by Crippen LogP contribution is 2.51. The molecule has 5 aliphatic rings. The lowest BCUT2D eigenvalue weighted by molar-refractivity contribution is 0.461. The Balaban J connectivity index is 1.94. The van der Waals surface area contributed by atoms with Gasteiger partial charge in [-0.3, -0.25) is 0 Å². The van der Waals surface area contributed by atoms with Crippen molar-refractivity contribution in [1.29, 1.82) is 0 Å². The van der Waals surface area contributed by atoms with Crippen molar-refractivity contribution < 1.29 is 0 Å². The second-order valence-corrected chi connectivity index (χ2v) is 15.4. The topological polar surface area (TPSA) is 49.4 Å². The van der Waals surface area contributed by atoms with Gasteiger partial charge in [0.1, 0.15) is 0 Å². The van der Waals surface area contributed by atoms with Gasteiger partial charge in [-0.15, -0.1) is 0 Å². The molecule has 0 N–H and O–H groups in total. The fourth-order valence-electron chi connectivity index (χ4n) is 5.90. The molecule has 0 saturated carbocycles. The van der Waals surface area contributed by atoms with E-state index in [1.165, 1.54) is 22.3 Å². The van der Waals surface area contributed by atoms with Crippen LogP contribution in [0.4, 0.5) is 0 Å². The van der Waals surface area contributed by atoms with E-state index < -0.39 is 0 Å². The number of hydrogen-bond donors (Lipinski definition) is 0. The maximum absolute atomic E-state index is 5.52. The van der Waals surface area contributed by atoms with Crippen LogP contribution >= 0.6 is 0 Å². The zero-order valence-electron chi connectivity index (χ0n) is 26.4. The highest BCUT2D eigenvalue weighted by atomic mass is 14.9. The van der Waals surface area contributed by atoms with Gasteiger partial charge in [-0.05, 0) is 87.0 Å². The average molecular weight is 533 g/mol. The maximum Gasteiger partial charge on any atom is 0.0737 e. The first-order chi connectivity index (χ1) is 18.3. The van der Waals surface area contributed by atoms with Crippen LogP contribution in [0.1, 0.15) is 83.1 Å². The zero-order valence-corrected chi connectivity index (χ0v) is 26.4. The van der Waals surface area contributed by atoms with Gasteiger partial charge in [-0.1, -0.05) is 83.1 Å². The van der Waals surface area contributed by atoms with Gasteiger partial charge in [0, 0.05) is 5.57 Å². The number of allylic oxidation sites excluding steroid dienone is 12. The van der Waals surface area contributed by atoms with Crippen LogP contribution < -0.4 is 0 Å². The molecule has 0 aliphatic carbocycles. The first-order valence-corrected chi connectivity index (χ1v) is 14.4. The molecule has 40 heavy (non-hydrogen) atoms. The van der Waals surface area contributed by atoms with Crippen molar-refractivity contribution in [3.63, 3.8) is 0 Å². The molecule has 0 aromatic heterocycles. The van der Waals surface area contributed by atoms with Crippen molar-refractivity contribution in [3.05, 3.63) is 93.7 Å². The van der Waals surface area contributed by atoms with E-state index in [1.807, 2.05) is 12.2 Å². The molecule has 0 unspecified atom stereocenters. The monoisotopic (exact) mass is 532 g/mol. The van der Waals surface area contributed by atoms with Gasteiger partial charge in [0.05, 0.1) is 45.6 Å². The minimum absolute atomic E-state index is 0.0994. The summed E-state index contributed by atoms with van der Waals surface area (Å²) in [4.78, 5) is 20.6. The summed E-state index contributed by atoms with van der Waals surface area (Å²) < 4.78 is 0. The predicted octanol–water partition coefficient (Wildman–Crippen LogP) is 9.24. The van der Waals surface area contributed by atoms with Crippen LogP contribution in [-0.2, 0) is 0 Å². The minimum Gasteiger partial charge on any atom is -0.249 e. The Bertz CT molecular complexity index is 1570. The molecular formula is C36H44N4. The summed E-state index contributed by atoms with van der Waals surface area (Å²) >= 11 is 0. The highest BCUT2D eigenvalue weighted by molar-refractivity contribution is 6.21. The zero-order chi connectivity index (χ0) is 29.4. The van der Waals surface area contributed by atoms with Gasteiger partial charge >= 0.3 is 0 Å². The molecule has 4 heteroatoms. The maximum atomic E-state index is 5.52. The fraction of sp³-hybridized carbons (Fsp3) is 0.444. The lowest BCUT2D eigenvalue weighted by Gasteiger charge is -2.34. The van der Waals surface area contributed by atoms with Gasteiger partial charge in [-0.2, -0.15) is 0 Å². The van der Waals surface area contributed by atoms with E-state index in [4.69, 9.17) is 20.0 Å². The molecule has 5 rings (SSSR count). The summed E-state index contributed by atoms with van der Waals surface area (Å²) in [5.74, 6) is 0. The summed E-state index contributed by atoms with van der Waals surface area (Å²) in [7, 11) is 0. The molecule has 0 amide bonds. The van der Waals surface area contributed by atoms with Crippen molar-refractivity contribution in [2.45, 2.75) is 83.1 Å². The Morgan fingerprint density at radius 1 is 0.425 bits per heavy atom. The number of nitrogens with zero attached hydrogens (tertiary/aromatic N) is 4. The van der Waals surface area contributed by atoms with Crippen LogP contribution in [0.3, 0.4) is 0 Å². The van der Waals surface area contributed by atoms with Gasteiger partial charge in [0.25, 0.3) is 0 Å². The molecule has 0 fully saturated rings. The van der Waals surface area contributed by atoms with Gasteiger partial charge in [-0.25, -0.2) is 20.0 Å². The van der Waals surface area contributed by atoms with E-state index in [1.54, 1.807) is 0 Å². The van der Waals surface area contributed by atoms with Crippen LogP contribution in [-0.4, -0.2) is 22.8 Å². The van der Waals surface area contributed by atoms with Crippen LogP contribution in [0, 0.1) is 21.7 Å². The molecule has 0 aromatic carbocycles. The van der Waals surface area contributed by atoms with Crippen molar-refractivity contribution in [2.75, 3.05) is 0 Å². The normalized spacial score (nSPS) is 21.3. The molecule has 0 spiro atoms. The molecule has 5 aliphatic heterocycles. The summed E-state index contributed by atoms with van der Waals surface area (Å²) in [6.07, 6.45) is 16.8. The highest BCUT2D eigenvalue weighted by Gasteiger charge is 2.42. The Morgan fingerprint density at radius 3 is 1.43 bits per heavy atom. The standard InChI is InChI=1S/C36H44N4/c1-33(2,3)26-19-25-18-23-14-13-21(37-23)17-22-15-16-24(38-22)20-27-28(34(4,5)6)29(35(7,8)9)32(40-27)30(31(26)39-25)36(10,11)12/h13-20H,1-12H3. The van der Waals surface area contributed by atoms with Crippen molar-refractivity contribution >= 4 is 22.8 Å². The van der Waals surface area contributed by atoms with E-state index in [0.29, 0.717) is 0 Å². The molecule has 0 radical (unpaired) electrons. The molecule has 4 nitrogen and oxygen atoms in total. The van der Waals surface area contributed by atoms with Crippen molar-refractivity contribution in [2.24, 2.45) is 41.6 Å². The summed E-state index contributed by atoms with van der Waals surface area (Å²) in [6, 6.07) is 0. The second-order valence-electron chi connectivity index (χ2n) is 15.4. The summed E-state index contributed by atoms with van der Waals surface area (Å²) in [6.45, 7) is 27.5. The Kier molecular flexibility index (Phi) is 6.37. The summed E-state index contributed by atoms with van der Waals surface area (Å²) in [5, 5.41) is 0. The van der Waals surface area contributed by atoms with E-state index >= 15 is 0 Å². The van der Waals surface area contributed by atoms with Crippen LogP contribution in [0.15, 0.2) is 114 Å². The molecular weight excluding hydrogens is 488 g/mol. The molecule has 8 bridgehead atoms. The number of fused-ring (bicyclic) bond motifs is 4. The number of hydrogen-bond acceptors (Lipinski definition) is 4. The van der Waals surface area contributed by atoms with Crippen molar-refractivity contribution in [1.82, 2.24) is 0 Å². The molecule has 0 aromatic rings. The predicted molar refractivity (Wildman–Crippen MR) is 172 cm³/mol. The second kappa shape index (κ2) is 9.06. The molecule has 0 atom stereocenters. The van der Waals surface area contributed by atoms with E-state index in [9.17, 15) is 0 Å². The van der Waals surface area contributed by atoms with E-state index in [0.717, 1.165) is 45.6 Å². The number of rotatable bonds is 0. The third-order valence-corrected chi connectivity index (χ3v) is 7.54. The molecule has 208 valence electrons. The average Bonchev–Trinajstić information content (AvgIpc) is 3.53. The largest absolute Gasteiger partial charge is 0.249 e. The lowest BCUT2D eigenvalue weighted by atomic mass is 9.69. The molecule has 0 saturated heterocycles. The Labute approximate surface area is 241 Å². The van der Waals surface area contributed by atoms with E-state index in [-0.39, 0.29) is 21.7 Å². The molecule has 5 heterocycles. The summed E-state index contributed by atoms with van der Waals surface area (Å²) in [5.41, 5.74) is 12.1. The first kappa shape index (κ1) is 28.1. The van der Waals surface area contributed by atoms with Gasteiger partial charge in [0.15, 0.2) is 0 Å². The lowest BCUT2D eigenvalue weighted by Crippen LogP contribution is -2.27. The van der Waals surface area contributed by atoms with Crippen LogP contribution in [0.5, 0.6) is 0 Å². The van der Waals surface area contributed by atoms with Crippen LogP contribution in [0.25, 0.3) is 0 Å².